The molecule has 2 aliphatic carbocycles. The maximum Gasteiger partial charge on any atom is 0.350 e. The molecule has 4 atom stereocenters. The summed E-state index contributed by atoms with van der Waals surface area (Å²) in [5.41, 5.74) is 1.03. The lowest BCUT2D eigenvalue weighted by Gasteiger charge is -2.26. The van der Waals surface area contributed by atoms with Crippen LogP contribution in [0.2, 0.25) is 0 Å². The summed E-state index contributed by atoms with van der Waals surface area (Å²) in [4.78, 5) is 32.3. The molecule has 0 amide bonds. The van der Waals surface area contributed by atoms with Crippen molar-refractivity contribution in [1.29, 1.82) is 0 Å². The fraction of sp³-hybridized carbons (Fsp3) is 0.345. The Labute approximate surface area is 210 Å². The van der Waals surface area contributed by atoms with Crippen LogP contribution >= 0.6 is 12.2 Å². The van der Waals surface area contributed by atoms with Gasteiger partial charge in [0.2, 0.25) is 0 Å². The molecule has 2 aromatic carbocycles. The number of ether oxygens (including phenoxy) is 1. The third kappa shape index (κ3) is 4.00. The molecule has 1 unspecified atom stereocenters. The first-order valence-electron chi connectivity index (χ1n) is 12.1. The number of hydrogen-bond donors (Lipinski definition) is 0. The molecule has 5 rings (SSSR count). The minimum Gasteiger partial charge on any atom is -0.465 e. The van der Waals surface area contributed by atoms with Crippen LogP contribution in [0.1, 0.15) is 37.8 Å². The Morgan fingerprint density at radius 1 is 0.971 bits per heavy atom. The van der Waals surface area contributed by atoms with Gasteiger partial charge in [-0.1, -0.05) is 78.9 Å². The van der Waals surface area contributed by atoms with Crippen molar-refractivity contribution in [2.75, 3.05) is 6.61 Å². The number of carbonyl (C=O) groups excluding carboxylic acids is 2. The summed E-state index contributed by atoms with van der Waals surface area (Å²) >= 11 is 5.27. The summed E-state index contributed by atoms with van der Waals surface area (Å²) in [6.45, 7) is 3.61. The number of nitrogens with zero attached hydrogens (tertiary/aromatic N) is 1. The molecule has 5 nitrogen and oxygen atoms in total. The highest BCUT2D eigenvalue weighted by molar-refractivity contribution is 7.71. The largest absolute Gasteiger partial charge is 0.465 e. The van der Waals surface area contributed by atoms with Crippen LogP contribution in [0.3, 0.4) is 0 Å². The van der Waals surface area contributed by atoms with Crippen molar-refractivity contribution in [3.63, 3.8) is 0 Å². The summed E-state index contributed by atoms with van der Waals surface area (Å²) < 4.78 is 6.99. The van der Waals surface area contributed by atoms with E-state index in [9.17, 15) is 9.59 Å². The van der Waals surface area contributed by atoms with Crippen molar-refractivity contribution >= 4 is 24.2 Å². The number of aromatic nitrogens is 1. The van der Waals surface area contributed by atoms with Crippen LogP contribution in [0.5, 0.6) is 0 Å². The summed E-state index contributed by atoms with van der Waals surface area (Å²) in [7, 11) is 0. The van der Waals surface area contributed by atoms with Crippen LogP contribution in [-0.2, 0) is 19.7 Å². The van der Waals surface area contributed by atoms with Crippen LogP contribution in [-0.4, -0.2) is 23.3 Å². The van der Waals surface area contributed by atoms with Gasteiger partial charge in [0.05, 0.1) is 6.61 Å². The molecular weight excluding hydrogens is 458 g/mol. The molecule has 1 heterocycles. The fourth-order valence-electron chi connectivity index (χ4n) is 5.77. The second-order valence-corrected chi connectivity index (χ2v) is 10.1. The molecule has 2 aliphatic rings. The first-order valence-corrected chi connectivity index (χ1v) is 12.5. The third-order valence-electron chi connectivity index (χ3n) is 7.78. The van der Waals surface area contributed by atoms with E-state index >= 15 is 0 Å². The lowest BCUT2D eigenvalue weighted by Crippen LogP contribution is -2.45. The highest BCUT2D eigenvalue weighted by Crippen LogP contribution is 2.71. The molecule has 2 fully saturated rings. The van der Waals surface area contributed by atoms with E-state index in [1.807, 2.05) is 12.1 Å². The maximum atomic E-state index is 13.5. The highest BCUT2D eigenvalue weighted by atomic mass is 32.1. The molecular formula is C29H29NO4S. The Bertz CT molecular complexity index is 1250. The normalized spacial score (nSPS) is 23.5. The average Bonchev–Trinajstić information content (AvgIpc) is 3.80. The van der Waals surface area contributed by atoms with Crippen LogP contribution < -0.4 is 4.84 Å². The van der Waals surface area contributed by atoms with E-state index in [-0.39, 0.29) is 23.9 Å². The number of hydrogen-bond acceptors (Lipinski definition) is 5. The van der Waals surface area contributed by atoms with Crippen LogP contribution in [0.15, 0.2) is 85.1 Å². The summed E-state index contributed by atoms with van der Waals surface area (Å²) in [6.07, 6.45) is 3.34. The van der Waals surface area contributed by atoms with Gasteiger partial charge in [-0.25, -0.2) is 4.79 Å². The van der Waals surface area contributed by atoms with Crippen molar-refractivity contribution in [3.8, 4) is 0 Å². The van der Waals surface area contributed by atoms with Gasteiger partial charge in [0.15, 0.2) is 5.41 Å². The van der Waals surface area contributed by atoms with Gasteiger partial charge in [-0.2, -0.15) is 4.73 Å². The van der Waals surface area contributed by atoms with E-state index in [4.69, 9.17) is 21.8 Å². The second kappa shape index (κ2) is 9.08. The van der Waals surface area contributed by atoms with Crippen molar-refractivity contribution in [2.24, 2.45) is 23.2 Å². The molecule has 0 aliphatic heterocycles. The van der Waals surface area contributed by atoms with E-state index in [1.54, 1.807) is 38.2 Å². The fourth-order valence-corrected chi connectivity index (χ4v) is 5.95. The molecule has 180 valence electrons. The zero-order chi connectivity index (χ0) is 24.6. The van der Waals surface area contributed by atoms with Crippen LogP contribution in [0.25, 0.3) is 0 Å². The third-order valence-corrected chi connectivity index (χ3v) is 8.10. The minimum atomic E-state index is -1.41. The van der Waals surface area contributed by atoms with Crippen LogP contribution in [0, 0.1) is 27.8 Å². The van der Waals surface area contributed by atoms with Gasteiger partial charge in [-0.05, 0) is 67.7 Å². The van der Waals surface area contributed by atoms with Gasteiger partial charge >= 0.3 is 11.9 Å². The predicted octanol–water partition coefficient (Wildman–Crippen LogP) is 5.38. The predicted molar refractivity (Wildman–Crippen MR) is 135 cm³/mol. The minimum absolute atomic E-state index is 0.108. The number of esters is 1. The molecule has 2 saturated carbocycles. The van der Waals surface area contributed by atoms with E-state index in [0.29, 0.717) is 10.6 Å². The maximum absolute atomic E-state index is 13.5. The van der Waals surface area contributed by atoms with Gasteiger partial charge in [0, 0.05) is 11.6 Å². The smallest absolute Gasteiger partial charge is 0.350 e. The van der Waals surface area contributed by atoms with Crippen LogP contribution in [0.4, 0.5) is 0 Å². The molecule has 0 N–H and O–H groups in total. The second-order valence-electron chi connectivity index (χ2n) is 9.69. The molecule has 0 saturated heterocycles. The first kappa shape index (κ1) is 23.5. The lowest BCUT2D eigenvalue weighted by atomic mass is 9.80. The topological polar surface area (TPSA) is 57.5 Å². The number of rotatable bonds is 8. The zero-order valence-electron chi connectivity index (χ0n) is 19.9. The Morgan fingerprint density at radius 3 is 2.14 bits per heavy atom. The SMILES string of the molecule is CCOC(=O)C(C)(C(=O)On1ccccc1=S)[C@@H]1C[C@H]1[C@@H]1CC1(c1ccccc1)c1ccccc1. The Balaban J connectivity index is 1.45. The lowest BCUT2D eigenvalue weighted by molar-refractivity contribution is -0.173. The first-order chi connectivity index (χ1) is 16.9. The van der Waals surface area contributed by atoms with E-state index < -0.39 is 17.4 Å². The van der Waals surface area contributed by atoms with Gasteiger partial charge in [0.1, 0.15) is 4.64 Å². The monoisotopic (exact) mass is 487 g/mol. The molecule has 6 heteroatoms. The van der Waals surface area contributed by atoms with Crippen molar-refractivity contribution in [1.82, 2.24) is 4.73 Å². The van der Waals surface area contributed by atoms with E-state index in [1.165, 1.54) is 15.9 Å². The van der Waals surface area contributed by atoms with Gasteiger partial charge < -0.3 is 9.57 Å². The van der Waals surface area contributed by atoms with Crippen molar-refractivity contribution in [2.45, 2.75) is 32.1 Å². The number of pyridine rings is 1. The van der Waals surface area contributed by atoms with E-state index in [0.717, 1.165) is 12.8 Å². The molecule has 3 aromatic rings. The van der Waals surface area contributed by atoms with Crippen molar-refractivity contribution in [3.05, 3.63) is 101 Å². The summed E-state index contributed by atoms with van der Waals surface area (Å²) in [5, 5.41) is 0. The zero-order valence-corrected chi connectivity index (χ0v) is 20.7. The molecule has 0 radical (unpaired) electrons. The van der Waals surface area contributed by atoms with Gasteiger partial charge in [0.25, 0.3) is 0 Å². The molecule has 1 aromatic heterocycles. The molecule has 35 heavy (non-hydrogen) atoms. The number of carbonyl (C=O) groups is 2. The summed E-state index contributed by atoms with van der Waals surface area (Å²) in [6, 6.07) is 26.2. The van der Waals surface area contributed by atoms with E-state index in [2.05, 4.69) is 48.5 Å². The average molecular weight is 488 g/mol. The van der Waals surface area contributed by atoms with Gasteiger partial charge in [-0.3, -0.25) is 4.79 Å². The van der Waals surface area contributed by atoms with Crippen molar-refractivity contribution < 1.29 is 19.2 Å². The Hall–Kier alpha value is -3.25. The highest BCUT2D eigenvalue weighted by Gasteiger charge is 2.70. The Morgan fingerprint density at radius 2 is 1.57 bits per heavy atom. The molecule has 0 bridgehead atoms. The number of benzene rings is 2. The Kier molecular flexibility index (Phi) is 6.09. The molecule has 0 spiro atoms. The van der Waals surface area contributed by atoms with Gasteiger partial charge in [-0.15, -0.1) is 0 Å². The standard InChI is InChI=1S/C29H29NO4S/c1-3-33-26(31)28(2,27(32)34-30-17-11-10-16-25(30)35)23-18-22(23)24-19-29(24,20-12-6-4-7-13-20)21-14-8-5-9-15-21/h4-17,22-24H,3,18-19H2,1-2H3/t22-,23-,24+,28?/m1/s1. The quantitative estimate of drug-likeness (QED) is 0.242. The summed E-state index contributed by atoms with van der Waals surface area (Å²) in [5.74, 6) is -0.785.